The van der Waals surface area contributed by atoms with Crippen LogP contribution in [0.1, 0.15) is 6.92 Å². The number of nitrogens with one attached hydrogen (secondary N) is 2. The lowest BCUT2D eigenvalue weighted by atomic mass is 10.3. The number of carbonyl (C=O) groups excluding carboxylic acids is 2. The number of ether oxygens (including phenoxy) is 1. The minimum absolute atomic E-state index is 0.0254. The van der Waals surface area contributed by atoms with E-state index in [0.717, 1.165) is 4.31 Å². The molecule has 0 aliphatic heterocycles. The number of hydrogen-bond donors (Lipinski definition) is 2. The number of hydrogen-bond acceptors (Lipinski definition) is 7. The summed E-state index contributed by atoms with van der Waals surface area (Å²) in [6.45, 7) is 0.569. The van der Waals surface area contributed by atoms with Gasteiger partial charge in [0.2, 0.25) is 20.0 Å². The van der Waals surface area contributed by atoms with Gasteiger partial charge in [-0.25, -0.2) is 21.1 Å². The summed E-state index contributed by atoms with van der Waals surface area (Å²) in [4.78, 5) is 24.0. The van der Waals surface area contributed by atoms with Gasteiger partial charge in [-0.1, -0.05) is 17.7 Å². The van der Waals surface area contributed by atoms with E-state index in [1.807, 2.05) is 0 Å². The summed E-state index contributed by atoms with van der Waals surface area (Å²) in [5.74, 6) is -1.70. The zero-order chi connectivity index (χ0) is 24.1. The number of halogens is 1. The highest BCUT2D eigenvalue weighted by molar-refractivity contribution is 7.89. The number of benzene rings is 2. The van der Waals surface area contributed by atoms with Crippen LogP contribution in [0.15, 0.2) is 58.3 Å². The fraction of sp³-hybridized carbons (Fsp3) is 0.263. The summed E-state index contributed by atoms with van der Waals surface area (Å²) >= 11 is 5.73. The van der Waals surface area contributed by atoms with Crippen molar-refractivity contribution in [2.45, 2.75) is 22.8 Å². The average molecular weight is 504 g/mol. The summed E-state index contributed by atoms with van der Waals surface area (Å²) < 4.78 is 57.0. The molecule has 0 aliphatic carbocycles. The van der Waals surface area contributed by atoms with E-state index in [0.29, 0.717) is 5.02 Å². The smallest absolute Gasteiger partial charge is 0.324 e. The summed E-state index contributed by atoms with van der Waals surface area (Å²) in [5, 5.41) is 2.77. The second-order valence-corrected chi connectivity index (χ2v) is 11.1. The van der Waals surface area contributed by atoms with Crippen LogP contribution in [0.2, 0.25) is 5.02 Å². The third kappa shape index (κ3) is 6.74. The summed E-state index contributed by atoms with van der Waals surface area (Å²) in [6.07, 6.45) is 0. The van der Waals surface area contributed by atoms with Crippen LogP contribution < -0.4 is 10.0 Å². The minimum Gasteiger partial charge on any atom is -0.454 e. The number of rotatable bonds is 9. The molecule has 0 fully saturated rings. The van der Waals surface area contributed by atoms with Crippen molar-refractivity contribution in [3.63, 3.8) is 0 Å². The van der Waals surface area contributed by atoms with Gasteiger partial charge in [-0.3, -0.25) is 9.59 Å². The fourth-order valence-corrected chi connectivity index (χ4v) is 4.63. The van der Waals surface area contributed by atoms with Gasteiger partial charge in [0.25, 0.3) is 5.91 Å². The lowest BCUT2D eigenvalue weighted by molar-refractivity contribution is -0.148. The van der Waals surface area contributed by atoms with Crippen LogP contribution in [-0.4, -0.2) is 59.8 Å². The molecule has 0 saturated carbocycles. The van der Waals surface area contributed by atoms with E-state index < -0.39 is 44.6 Å². The Bertz CT molecular complexity index is 1200. The van der Waals surface area contributed by atoms with Gasteiger partial charge in [-0.2, -0.15) is 4.72 Å². The van der Waals surface area contributed by atoms with Crippen LogP contribution in [0, 0.1) is 0 Å². The molecule has 0 saturated heterocycles. The van der Waals surface area contributed by atoms with Crippen LogP contribution in [0.3, 0.4) is 0 Å². The van der Waals surface area contributed by atoms with Gasteiger partial charge in [-0.15, -0.1) is 0 Å². The molecule has 2 rings (SSSR count). The van der Waals surface area contributed by atoms with Gasteiger partial charge >= 0.3 is 5.97 Å². The third-order valence-corrected chi connectivity index (χ3v) is 7.67. The molecule has 2 N–H and O–H groups in total. The van der Waals surface area contributed by atoms with Crippen LogP contribution in [0.25, 0.3) is 0 Å². The van der Waals surface area contributed by atoms with Crippen LogP contribution in [0.5, 0.6) is 0 Å². The number of esters is 1. The number of anilines is 1. The Kier molecular flexibility index (Phi) is 8.37. The maximum atomic E-state index is 12.3. The maximum Gasteiger partial charge on any atom is 0.324 e. The Morgan fingerprint density at radius 1 is 1.03 bits per heavy atom. The monoisotopic (exact) mass is 503 g/mol. The van der Waals surface area contributed by atoms with E-state index in [2.05, 4.69) is 10.0 Å². The molecular formula is C19H22ClN3O7S2. The molecule has 174 valence electrons. The average Bonchev–Trinajstić information content (AvgIpc) is 2.72. The second kappa shape index (κ2) is 10.4. The summed E-state index contributed by atoms with van der Waals surface area (Å²) in [6, 6.07) is 9.63. The maximum absolute atomic E-state index is 12.3. The predicted octanol–water partition coefficient (Wildman–Crippen LogP) is 1.44. The third-order valence-electron chi connectivity index (χ3n) is 4.05. The van der Waals surface area contributed by atoms with Crippen molar-refractivity contribution in [2.75, 3.05) is 26.0 Å². The Labute approximate surface area is 191 Å². The first-order valence-electron chi connectivity index (χ1n) is 9.10. The van der Waals surface area contributed by atoms with Crippen molar-refractivity contribution in [1.29, 1.82) is 0 Å². The molecule has 2 aromatic carbocycles. The van der Waals surface area contributed by atoms with E-state index in [-0.39, 0.29) is 15.5 Å². The quantitative estimate of drug-likeness (QED) is 0.493. The molecule has 0 aromatic heterocycles. The number of carbonyl (C=O) groups is 2. The van der Waals surface area contributed by atoms with Crippen molar-refractivity contribution in [3.05, 3.63) is 53.6 Å². The highest BCUT2D eigenvalue weighted by Crippen LogP contribution is 2.18. The first-order chi connectivity index (χ1) is 14.8. The molecule has 13 heteroatoms. The van der Waals surface area contributed by atoms with Crippen molar-refractivity contribution in [1.82, 2.24) is 9.03 Å². The Morgan fingerprint density at radius 2 is 1.66 bits per heavy atom. The van der Waals surface area contributed by atoms with E-state index in [4.69, 9.17) is 16.3 Å². The minimum atomic E-state index is -4.01. The van der Waals surface area contributed by atoms with Gasteiger partial charge in [-0.05, 0) is 49.4 Å². The van der Waals surface area contributed by atoms with Gasteiger partial charge in [0.1, 0.15) is 6.04 Å². The van der Waals surface area contributed by atoms with Gasteiger partial charge in [0.05, 0.1) is 9.79 Å². The molecule has 1 atom stereocenters. The Morgan fingerprint density at radius 3 is 2.25 bits per heavy atom. The van der Waals surface area contributed by atoms with E-state index in [1.54, 1.807) is 0 Å². The molecule has 0 unspecified atom stereocenters. The molecule has 0 spiro atoms. The summed E-state index contributed by atoms with van der Waals surface area (Å²) in [5.41, 5.74) is 0.186. The van der Waals surface area contributed by atoms with Crippen molar-refractivity contribution in [2.24, 2.45) is 0 Å². The van der Waals surface area contributed by atoms with Crippen molar-refractivity contribution in [3.8, 4) is 0 Å². The Balaban J connectivity index is 1.94. The van der Waals surface area contributed by atoms with Gasteiger partial charge in [0.15, 0.2) is 6.61 Å². The van der Waals surface area contributed by atoms with E-state index >= 15 is 0 Å². The number of sulfonamides is 2. The summed E-state index contributed by atoms with van der Waals surface area (Å²) in [7, 11) is -4.94. The van der Waals surface area contributed by atoms with Gasteiger partial charge in [0, 0.05) is 24.8 Å². The lowest BCUT2D eigenvalue weighted by Gasteiger charge is -2.14. The highest BCUT2D eigenvalue weighted by atomic mass is 35.5. The number of amides is 1. The first-order valence-corrected chi connectivity index (χ1v) is 12.4. The molecule has 10 nitrogen and oxygen atoms in total. The standard InChI is InChI=1S/C19H22ClN3O7S2/c1-13(22-31(26,27)16-9-7-14(20)8-10-16)19(25)30-12-18(24)21-15-5-4-6-17(11-15)32(28,29)23(2)3/h4-11,13,22H,12H2,1-3H3,(H,21,24)/t13-/m0/s1. The zero-order valence-corrected chi connectivity index (χ0v) is 19.8. The zero-order valence-electron chi connectivity index (χ0n) is 17.4. The van der Waals surface area contributed by atoms with Gasteiger partial charge < -0.3 is 10.1 Å². The molecule has 2 aromatic rings. The lowest BCUT2D eigenvalue weighted by Crippen LogP contribution is -2.40. The number of nitrogens with zero attached hydrogens (tertiary/aromatic N) is 1. The van der Waals surface area contributed by atoms with Crippen LogP contribution in [-0.2, 0) is 34.4 Å². The largest absolute Gasteiger partial charge is 0.454 e. The molecule has 0 radical (unpaired) electrons. The molecule has 0 bridgehead atoms. The molecule has 32 heavy (non-hydrogen) atoms. The topological polar surface area (TPSA) is 139 Å². The molecule has 1 amide bonds. The Hall–Kier alpha value is -2.51. The fourth-order valence-electron chi connectivity index (χ4n) is 2.37. The van der Waals surface area contributed by atoms with Crippen LogP contribution in [0.4, 0.5) is 5.69 Å². The molecule has 0 heterocycles. The second-order valence-electron chi connectivity index (χ2n) is 6.77. The van der Waals surface area contributed by atoms with Crippen molar-refractivity contribution < 1.29 is 31.2 Å². The van der Waals surface area contributed by atoms with Crippen LogP contribution >= 0.6 is 11.6 Å². The first kappa shape index (κ1) is 25.7. The predicted molar refractivity (Wildman–Crippen MR) is 118 cm³/mol. The molecule has 0 aliphatic rings. The highest BCUT2D eigenvalue weighted by Gasteiger charge is 2.24. The van der Waals surface area contributed by atoms with E-state index in [9.17, 15) is 26.4 Å². The normalized spacial score (nSPS) is 12.9. The SMILES string of the molecule is C[C@H](NS(=O)(=O)c1ccc(Cl)cc1)C(=O)OCC(=O)Nc1cccc(S(=O)(=O)N(C)C)c1. The molecular weight excluding hydrogens is 482 g/mol. The van der Waals surface area contributed by atoms with E-state index in [1.165, 1.54) is 69.6 Å². The van der Waals surface area contributed by atoms with Crippen molar-refractivity contribution >= 4 is 49.2 Å².